The van der Waals surface area contributed by atoms with Gasteiger partial charge < -0.3 is 0 Å². The molecule has 0 heterocycles. The fourth-order valence-electron chi connectivity index (χ4n) is 1.47. The molecule has 2 aliphatic carbocycles. The fourth-order valence-corrected chi connectivity index (χ4v) is 1.47. The SMILES string of the molecule is CSC.O=C1CC[C@H]2C[C@@H]12. The lowest BCUT2D eigenvalue weighted by Crippen LogP contribution is -1.91. The number of hydrogen-bond acceptors (Lipinski definition) is 2. The smallest absolute Gasteiger partial charge is 0.136 e. The standard InChI is InChI=1S/C6H8O.C2H6S/c7-6-2-1-4-3-5(4)6;1-3-2/h4-5H,1-3H2;1-2H3/t4-,5+;/m0./s1. The molecule has 2 aliphatic rings. The predicted octanol–water partition coefficient (Wildman–Crippen LogP) is 1.96. The highest BCUT2D eigenvalue weighted by Gasteiger charge is 2.47. The Morgan fingerprint density at radius 1 is 1.50 bits per heavy atom. The summed E-state index contributed by atoms with van der Waals surface area (Å²) in [6.07, 6.45) is 7.39. The monoisotopic (exact) mass is 158 g/mol. The van der Waals surface area contributed by atoms with Gasteiger partial charge in [0.15, 0.2) is 0 Å². The Morgan fingerprint density at radius 3 is 2.20 bits per heavy atom. The first-order valence-electron chi connectivity index (χ1n) is 3.72. The number of fused-ring (bicyclic) bond motifs is 1. The minimum Gasteiger partial charge on any atom is -0.299 e. The van der Waals surface area contributed by atoms with Crippen molar-refractivity contribution in [1.29, 1.82) is 0 Å². The molecular formula is C8H14OS. The average Bonchev–Trinajstić information content (AvgIpc) is 2.57. The Bertz CT molecular complexity index is 133. The molecule has 2 heteroatoms. The molecule has 1 nitrogen and oxygen atoms in total. The quantitative estimate of drug-likeness (QED) is 0.536. The van der Waals surface area contributed by atoms with Crippen LogP contribution in [0.2, 0.25) is 0 Å². The number of hydrogen-bond donors (Lipinski definition) is 0. The molecule has 2 fully saturated rings. The van der Waals surface area contributed by atoms with Gasteiger partial charge in [0.1, 0.15) is 5.78 Å². The van der Waals surface area contributed by atoms with Crippen molar-refractivity contribution in [2.45, 2.75) is 19.3 Å². The molecular weight excluding hydrogens is 144 g/mol. The summed E-state index contributed by atoms with van der Waals surface area (Å²) in [4.78, 5) is 10.6. The van der Waals surface area contributed by atoms with Crippen molar-refractivity contribution < 1.29 is 4.79 Å². The third-order valence-corrected chi connectivity index (χ3v) is 2.10. The van der Waals surface area contributed by atoms with Crippen LogP contribution >= 0.6 is 11.8 Å². The van der Waals surface area contributed by atoms with E-state index in [0.717, 1.165) is 12.3 Å². The van der Waals surface area contributed by atoms with Crippen molar-refractivity contribution in [3.63, 3.8) is 0 Å². The van der Waals surface area contributed by atoms with Gasteiger partial charge in [-0.3, -0.25) is 4.79 Å². The zero-order chi connectivity index (χ0) is 7.56. The molecule has 10 heavy (non-hydrogen) atoms. The van der Waals surface area contributed by atoms with Gasteiger partial charge in [0.25, 0.3) is 0 Å². The van der Waals surface area contributed by atoms with E-state index >= 15 is 0 Å². The molecule has 0 aromatic rings. The lowest BCUT2D eigenvalue weighted by atomic mass is 10.2. The fraction of sp³-hybridized carbons (Fsp3) is 0.875. The van der Waals surface area contributed by atoms with Crippen LogP contribution in [-0.2, 0) is 4.79 Å². The van der Waals surface area contributed by atoms with Crippen LogP contribution in [0.3, 0.4) is 0 Å². The van der Waals surface area contributed by atoms with Gasteiger partial charge in [0.2, 0.25) is 0 Å². The molecule has 0 aromatic carbocycles. The number of ketones is 1. The third-order valence-electron chi connectivity index (χ3n) is 2.10. The van der Waals surface area contributed by atoms with Crippen molar-refractivity contribution in [3.8, 4) is 0 Å². The number of Topliss-reactive ketones (excluding diaryl/α,β-unsaturated/α-hetero) is 1. The molecule has 0 unspecified atom stereocenters. The summed E-state index contributed by atoms with van der Waals surface area (Å²) in [5.41, 5.74) is 0. The van der Waals surface area contributed by atoms with Gasteiger partial charge in [0.05, 0.1) is 0 Å². The van der Waals surface area contributed by atoms with E-state index in [1.165, 1.54) is 12.8 Å². The zero-order valence-electron chi connectivity index (χ0n) is 6.59. The van der Waals surface area contributed by atoms with E-state index in [-0.39, 0.29) is 0 Å². The van der Waals surface area contributed by atoms with E-state index < -0.39 is 0 Å². The van der Waals surface area contributed by atoms with Crippen LogP contribution in [-0.4, -0.2) is 18.3 Å². The minimum atomic E-state index is 0.532. The zero-order valence-corrected chi connectivity index (χ0v) is 7.41. The van der Waals surface area contributed by atoms with E-state index in [9.17, 15) is 4.79 Å². The Labute approximate surface area is 66.6 Å². The van der Waals surface area contributed by atoms with Crippen molar-refractivity contribution in [1.82, 2.24) is 0 Å². The van der Waals surface area contributed by atoms with Crippen LogP contribution in [0, 0.1) is 11.8 Å². The highest BCUT2D eigenvalue weighted by atomic mass is 32.2. The highest BCUT2D eigenvalue weighted by Crippen LogP contribution is 2.49. The third kappa shape index (κ3) is 1.75. The van der Waals surface area contributed by atoms with Gasteiger partial charge in [-0.25, -0.2) is 0 Å². The largest absolute Gasteiger partial charge is 0.299 e. The summed E-state index contributed by atoms with van der Waals surface area (Å²) >= 11 is 1.75. The molecule has 0 aromatic heterocycles. The molecule has 0 spiro atoms. The van der Waals surface area contributed by atoms with E-state index in [1.807, 2.05) is 12.5 Å². The number of carbonyl (C=O) groups excluding carboxylic acids is 1. The summed E-state index contributed by atoms with van der Waals surface area (Å²) in [7, 11) is 0. The van der Waals surface area contributed by atoms with Crippen molar-refractivity contribution >= 4 is 17.5 Å². The summed E-state index contributed by atoms with van der Waals surface area (Å²) < 4.78 is 0. The topological polar surface area (TPSA) is 17.1 Å². The molecule has 0 bridgehead atoms. The van der Waals surface area contributed by atoms with Crippen LogP contribution in [0.1, 0.15) is 19.3 Å². The van der Waals surface area contributed by atoms with Crippen molar-refractivity contribution in [2.24, 2.45) is 11.8 Å². The molecule has 0 N–H and O–H groups in total. The van der Waals surface area contributed by atoms with E-state index in [2.05, 4.69) is 0 Å². The molecule has 58 valence electrons. The number of thioether (sulfide) groups is 1. The maximum Gasteiger partial charge on any atom is 0.136 e. The summed E-state index contributed by atoms with van der Waals surface area (Å²) in [6, 6.07) is 0. The Hall–Kier alpha value is 0.0200. The van der Waals surface area contributed by atoms with E-state index in [1.54, 1.807) is 11.8 Å². The number of rotatable bonds is 0. The van der Waals surface area contributed by atoms with Crippen LogP contribution in [0.5, 0.6) is 0 Å². The summed E-state index contributed by atoms with van der Waals surface area (Å²) in [5, 5.41) is 0. The van der Waals surface area contributed by atoms with Gasteiger partial charge in [-0.15, -0.1) is 0 Å². The second-order valence-corrected chi connectivity index (χ2v) is 3.83. The first-order valence-corrected chi connectivity index (χ1v) is 5.35. The van der Waals surface area contributed by atoms with Crippen molar-refractivity contribution in [3.05, 3.63) is 0 Å². The van der Waals surface area contributed by atoms with Crippen LogP contribution in [0.4, 0.5) is 0 Å². The molecule has 2 atom stereocenters. The maximum absolute atomic E-state index is 10.6. The van der Waals surface area contributed by atoms with Crippen LogP contribution in [0.25, 0.3) is 0 Å². The van der Waals surface area contributed by atoms with Crippen LogP contribution in [0.15, 0.2) is 0 Å². The Morgan fingerprint density at radius 2 is 2.10 bits per heavy atom. The van der Waals surface area contributed by atoms with E-state index in [0.29, 0.717) is 11.7 Å². The van der Waals surface area contributed by atoms with Gasteiger partial charge in [-0.2, -0.15) is 11.8 Å². The second kappa shape index (κ2) is 3.42. The lowest BCUT2D eigenvalue weighted by Gasteiger charge is -1.82. The van der Waals surface area contributed by atoms with Gasteiger partial charge in [-0.1, -0.05) is 0 Å². The maximum atomic E-state index is 10.6. The Kier molecular flexibility index (Phi) is 2.78. The molecule has 2 saturated carbocycles. The Balaban J connectivity index is 0.000000148. The van der Waals surface area contributed by atoms with E-state index in [4.69, 9.17) is 0 Å². The molecule has 2 rings (SSSR count). The second-order valence-electron chi connectivity index (χ2n) is 3.02. The molecule has 0 amide bonds. The first-order chi connectivity index (χ1) is 4.79. The summed E-state index contributed by atoms with van der Waals surface area (Å²) in [5.74, 6) is 1.91. The molecule has 0 aliphatic heterocycles. The molecule has 0 radical (unpaired) electrons. The normalized spacial score (nSPS) is 34.4. The lowest BCUT2D eigenvalue weighted by molar-refractivity contribution is -0.119. The predicted molar refractivity (Wildman–Crippen MR) is 45.3 cm³/mol. The minimum absolute atomic E-state index is 0.532. The van der Waals surface area contributed by atoms with Crippen molar-refractivity contribution in [2.75, 3.05) is 12.5 Å². The number of carbonyl (C=O) groups is 1. The first kappa shape index (κ1) is 8.12. The highest BCUT2D eigenvalue weighted by molar-refractivity contribution is 7.97. The summed E-state index contributed by atoms with van der Waals surface area (Å²) in [6.45, 7) is 0. The van der Waals surface area contributed by atoms with Gasteiger partial charge in [0, 0.05) is 12.3 Å². The average molecular weight is 158 g/mol. The van der Waals surface area contributed by atoms with Gasteiger partial charge >= 0.3 is 0 Å². The van der Waals surface area contributed by atoms with Crippen LogP contribution < -0.4 is 0 Å². The molecule has 0 saturated heterocycles. The van der Waals surface area contributed by atoms with Gasteiger partial charge in [-0.05, 0) is 31.3 Å².